The summed E-state index contributed by atoms with van der Waals surface area (Å²) in [6.07, 6.45) is 4.03. The van der Waals surface area contributed by atoms with E-state index in [9.17, 15) is 9.59 Å². The maximum absolute atomic E-state index is 11.4. The van der Waals surface area contributed by atoms with E-state index in [2.05, 4.69) is 0 Å². The predicted octanol–water partition coefficient (Wildman–Crippen LogP) is 0.920. The average Bonchev–Trinajstić information content (AvgIpc) is 2.13. The molecule has 0 aromatic heterocycles. The van der Waals surface area contributed by atoms with Gasteiger partial charge in [0.05, 0.1) is 5.70 Å². The molecule has 0 saturated carbocycles. The Morgan fingerprint density at radius 2 is 1.77 bits per heavy atom. The van der Waals surface area contributed by atoms with Gasteiger partial charge < -0.3 is 4.90 Å². The van der Waals surface area contributed by atoms with Gasteiger partial charge in [-0.1, -0.05) is 0 Å². The monoisotopic (exact) mass is 179 g/mol. The van der Waals surface area contributed by atoms with Crippen LogP contribution in [0.25, 0.3) is 0 Å². The van der Waals surface area contributed by atoms with E-state index >= 15 is 0 Å². The molecule has 0 heterocycles. The second kappa shape index (κ2) is 4.03. The van der Waals surface area contributed by atoms with Crippen LogP contribution in [0.2, 0.25) is 0 Å². The maximum atomic E-state index is 11.4. The zero-order valence-electron chi connectivity index (χ0n) is 7.91. The number of allylic oxidation sites excluding steroid dienone is 3. The number of hydrogen-bond donors (Lipinski definition) is 0. The first-order valence-corrected chi connectivity index (χ1v) is 4.42. The van der Waals surface area contributed by atoms with E-state index in [0.717, 1.165) is 13.1 Å². The lowest BCUT2D eigenvalue weighted by Crippen LogP contribution is -2.28. The van der Waals surface area contributed by atoms with Crippen molar-refractivity contribution in [1.29, 1.82) is 0 Å². The summed E-state index contributed by atoms with van der Waals surface area (Å²) >= 11 is 0. The Bertz CT molecular complexity index is 285. The predicted molar refractivity (Wildman–Crippen MR) is 50.2 cm³/mol. The van der Waals surface area contributed by atoms with Crippen LogP contribution in [0.1, 0.15) is 13.8 Å². The zero-order valence-corrected chi connectivity index (χ0v) is 7.91. The molecular weight excluding hydrogens is 166 g/mol. The van der Waals surface area contributed by atoms with Crippen molar-refractivity contribution in [2.75, 3.05) is 13.1 Å². The summed E-state index contributed by atoms with van der Waals surface area (Å²) in [6.45, 7) is 5.41. The molecule has 70 valence electrons. The molecule has 1 aliphatic rings. The first-order valence-electron chi connectivity index (χ1n) is 4.42. The molecule has 3 nitrogen and oxygen atoms in total. The van der Waals surface area contributed by atoms with Gasteiger partial charge in [0.2, 0.25) is 5.78 Å². The Morgan fingerprint density at radius 1 is 1.15 bits per heavy atom. The highest BCUT2D eigenvalue weighted by atomic mass is 16.1. The Balaban J connectivity index is 2.89. The maximum Gasteiger partial charge on any atom is 0.202 e. The van der Waals surface area contributed by atoms with Crippen molar-refractivity contribution in [3.8, 4) is 0 Å². The second-order valence-corrected chi connectivity index (χ2v) is 2.80. The standard InChI is InChI=1S/C10H13NO2/c1-3-11(4-2)9-7-8(12)5-6-10(9)13/h5-7H,3-4H2,1-2H3. The van der Waals surface area contributed by atoms with Gasteiger partial charge in [0.25, 0.3) is 0 Å². The summed E-state index contributed by atoms with van der Waals surface area (Å²) in [5, 5.41) is 0. The van der Waals surface area contributed by atoms with Crippen molar-refractivity contribution in [2.24, 2.45) is 0 Å². The van der Waals surface area contributed by atoms with Crippen LogP contribution in [-0.4, -0.2) is 29.6 Å². The lowest BCUT2D eigenvalue weighted by molar-refractivity contribution is -0.115. The van der Waals surface area contributed by atoms with Crippen LogP contribution < -0.4 is 0 Å². The third-order valence-corrected chi connectivity index (χ3v) is 2.03. The van der Waals surface area contributed by atoms with Gasteiger partial charge in [0.1, 0.15) is 0 Å². The molecule has 0 amide bonds. The molecular formula is C10H13NO2. The normalized spacial score (nSPS) is 16.0. The minimum atomic E-state index is -0.110. The summed E-state index contributed by atoms with van der Waals surface area (Å²) in [7, 11) is 0. The quantitative estimate of drug-likeness (QED) is 0.604. The van der Waals surface area contributed by atoms with E-state index in [1.165, 1.54) is 18.2 Å². The molecule has 0 fully saturated rings. The molecule has 1 rings (SSSR count). The third kappa shape index (κ3) is 2.05. The van der Waals surface area contributed by atoms with Gasteiger partial charge in [-0.2, -0.15) is 0 Å². The van der Waals surface area contributed by atoms with Crippen molar-refractivity contribution in [3.63, 3.8) is 0 Å². The van der Waals surface area contributed by atoms with Crippen LogP contribution in [0.15, 0.2) is 23.9 Å². The van der Waals surface area contributed by atoms with Crippen molar-refractivity contribution in [2.45, 2.75) is 13.8 Å². The second-order valence-electron chi connectivity index (χ2n) is 2.80. The first kappa shape index (κ1) is 9.71. The average molecular weight is 179 g/mol. The molecule has 0 aromatic rings. The summed E-state index contributed by atoms with van der Waals surface area (Å²) < 4.78 is 0. The highest BCUT2D eigenvalue weighted by Gasteiger charge is 2.17. The van der Waals surface area contributed by atoms with Gasteiger partial charge in [-0.15, -0.1) is 0 Å². The minimum absolute atomic E-state index is 0.0803. The highest BCUT2D eigenvalue weighted by Crippen LogP contribution is 2.10. The summed E-state index contributed by atoms with van der Waals surface area (Å²) in [6, 6.07) is 0. The summed E-state index contributed by atoms with van der Waals surface area (Å²) in [4.78, 5) is 24.2. The van der Waals surface area contributed by atoms with Crippen LogP contribution in [0.5, 0.6) is 0 Å². The molecule has 1 aliphatic carbocycles. The lowest BCUT2D eigenvalue weighted by atomic mass is 10.1. The van der Waals surface area contributed by atoms with Crippen molar-refractivity contribution >= 4 is 11.6 Å². The van der Waals surface area contributed by atoms with E-state index in [0.29, 0.717) is 5.70 Å². The number of rotatable bonds is 3. The van der Waals surface area contributed by atoms with Gasteiger partial charge in [-0.25, -0.2) is 0 Å². The van der Waals surface area contributed by atoms with Gasteiger partial charge in [0.15, 0.2) is 5.78 Å². The van der Waals surface area contributed by atoms with Crippen molar-refractivity contribution in [1.82, 2.24) is 4.90 Å². The largest absolute Gasteiger partial charge is 0.369 e. The Labute approximate surface area is 77.7 Å². The van der Waals surface area contributed by atoms with Crippen LogP contribution >= 0.6 is 0 Å². The van der Waals surface area contributed by atoms with Gasteiger partial charge in [-0.05, 0) is 26.0 Å². The summed E-state index contributed by atoms with van der Waals surface area (Å²) in [5.74, 6) is -0.190. The highest BCUT2D eigenvalue weighted by molar-refractivity contribution is 6.16. The summed E-state index contributed by atoms with van der Waals surface area (Å²) in [5.41, 5.74) is 0.512. The molecule has 0 spiro atoms. The molecule has 0 saturated heterocycles. The van der Waals surface area contributed by atoms with Crippen molar-refractivity contribution in [3.05, 3.63) is 23.9 Å². The fraction of sp³-hybridized carbons (Fsp3) is 0.400. The molecule has 3 heteroatoms. The first-order chi connectivity index (χ1) is 6.19. The molecule has 0 bridgehead atoms. The van der Waals surface area contributed by atoms with E-state index in [1.807, 2.05) is 18.7 Å². The van der Waals surface area contributed by atoms with Crippen LogP contribution in [0, 0.1) is 0 Å². The van der Waals surface area contributed by atoms with E-state index in [4.69, 9.17) is 0 Å². The number of ketones is 2. The van der Waals surface area contributed by atoms with Crippen LogP contribution in [-0.2, 0) is 9.59 Å². The smallest absolute Gasteiger partial charge is 0.202 e. The molecule has 0 unspecified atom stereocenters. The minimum Gasteiger partial charge on any atom is -0.369 e. The molecule has 0 atom stereocenters. The Hall–Kier alpha value is -1.38. The zero-order chi connectivity index (χ0) is 9.84. The third-order valence-electron chi connectivity index (χ3n) is 2.03. The van der Waals surface area contributed by atoms with Gasteiger partial charge >= 0.3 is 0 Å². The number of hydrogen-bond acceptors (Lipinski definition) is 3. The Morgan fingerprint density at radius 3 is 2.31 bits per heavy atom. The fourth-order valence-electron chi connectivity index (χ4n) is 1.31. The lowest BCUT2D eigenvalue weighted by Gasteiger charge is -2.23. The van der Waals surface area contributed by atoms with Gasteiger partial charge in [-0.3, -0.25) is 9.59 Å². The van der Waals surface area contributed by atoms with Crippen molar-refractivity contribution < 1.29 is 9.59 Å². The van der Waals surface area contributed by atoms with Crippen LogP contribution in [0.4, 0.5) is 0 Å². The number of carbonyl (C=O) groups is 2. The SMILES string of the molecule is CCN(CC)C1=CC(=O)C=CC1=O. The molecule has 13 heavy (non-hydrogen) atoms. The van der Waals surface area contributed by atoms with E-state index < -0.39 is 0 Å². The molecule has 0 N–H and O–H groups in total. The molecule has 0 aromatic carbocycles. The molecule has 0 radical (unpaired) electrons. The Kier molecular flexibility index (Phi) is 3.01. The van der Waals surface area contributed by atoms with E-state index in [-0.39, 0.29) is 11.6 Å². The molecule has 0 aliphatic heterocycles. The number of likely N-dealkylation sites (N-methyl/N-ethyl adjacent to an activating group) is 1. The fourth-order valence-corrected chi connectivity index (χ4v) is 1.31. The number of nitrogens with zero attached hydrogens (tertiary/aromatic N) is 1. The van der Waals surface area contributed by atoms with Crippen LogP contribution in [0.3, 0.4) is 0 Å². The topological polar surface area (TPSA) is 37.4 Å². The number of carbonyl (C=O) groups excluding carboxylic acids is 2. The van der Waals surface area contributed by atoms with Gasteiger partial charge in [0, 0.05) is 19.2 Å². The van der Waals surface area contributed by atoms with E-state index in [1.54, 1.807) is 0 Å².